The molecule has 3 N–H and O–H groups in total. The minimum Gasteiger partial charge on any atom is -0.381 e. The molecule has 0 aliphatic rings. The molecular formula is C21H21N3O2. The first-order valence-corrected chi connectivity index (χ1v) is 8.36. The number of hydrogen-bond donors (Lipinski definition) is 2. The zero-order valence-electron chi connectivity index (χ0n) is 14.6. The average molecular weight is 347 g/mol. The molecular weight excluding hydrogens is 326 g/mol. The third kappa shape index (κ3) is 3.96. The Morgan fingerprint density at radius 2 is 2.08 bits per heavy atom. The standard InChI is InChI=1S/C21H21N3O2/c1-26-12-4-7-20(25)24-17-8-9-19-15(13-17)10-11-23-21(19)18-6-3-2-5-16(18)14-22/h2-11,13H,12,14,22H2,1H3,(H,24,25)/b7-4+. The van der Waals surface area contributed by atoms with Crippen LogP contribution >= 0.6 is 0 Å². The maximum Gasteiger partial charge on any atom is 0.248 e. The van der Waals surface area contributed by atoms with Crippen LogP contribution in [0.25, 0.3) is 22.0 Å². The zero-order chi connectivity index (χ0) is 18.4. The molecule has 0 fully saturated rings. The quantitative estimate of drug-likeness (QED) is 0.669. The first kappa shape index (κ1) is 17.8. The van der Waals surface area contributed by atoms with Gasteiger partial charge in [-0.25, -0.2) is 0 Å². The molecule has 0 aliphatic heterocycles. The summed E-state index contributed by atoms with van der Waals surface area (Å²) in [6.07, 6.45) is 4.90. The molecule has 3 rings (SSSR count). The van der Waals surface area contributed by atoms with Crippen LogP contribution in [0.1, 0.15) is 5.56 Å². The summed E-state index contributed by atoms with van der Waals surface area (Å²) in [5, 5.41) is 4.87. The monoisotopic (exact) mass is 347 g/mol. The summed E-state index contributed by atoms with van der Waals surface area (Å²) < 4.78 is 4.89. The predicted octanol–water partition coefficient (Wildman–Crippen LogP) is 3.50. The molecule has 0 spiro atoms. The van der Waals surface area contributed by atoms with Crippen LogP contribution in [0.2, 0.25) is 0 Å². The second-order valence-corrected chi connectivity index (χ2v) is 5.80. The van der Waals surface area contributed by atoms with Crippen molar-refractivity contribution in [3.63, 3.8) is 0 Å². The van der Waals surface area contributed by atoms with Gasteiger partial charge in [0.15, 0.2) is 0 Å². The van der Waals surface area contributed by atoms with Gasteiger partial charge >= 0.3 is 0 Å². The Labute approximate surface area is 152 Å². The van der Waals surface area contributed by atoms with Gasteiger partial charge in [-0.3, -0.25) is 9.78 Å². The number of carbonyl (C=O) groups is 1. The number of hydrogen-bond acceptors (Lipinski definition) is 4. The summed E-state index contributed by atoms with van der Waals surface area (Å²) in [5.41, 5.74) is 9.57. The number of rotatable bonds is 6. The number of ether oxygens (including phenoxy) is 1. The summed E-state index contributed by atoms with van der Waals surface area (Å²) in [7, 11) is 1.58. The molecule has 0 unspecified atom stereocenters. The largest absolute Gasteiger partial charge is 0.381 e. The Morgan fingerprint density at radius 3 is 2.88 bits per heavy atom. The van der Waals surface area contributed by atoms with E-state index in [4.69, 9.17) is 10.5 Å². The highest BCUT2D eigenvalue weighted by Crippen LogP contribution is 2.30. The van der Waals surface area contributed by atoms with Crippen LogP contribution in [0.4, 0.5) is 5.69 Å². The molecule has 0 saturated heterocycles. The molecule has 0 saturated carbocycles. The lowest BCUT2D eigenvalue weighted by Crippen LogP contribution is -2.08. The number of benzene rings is 2. The van der Waals surface area contributed by atoms with Crippen molar-refractivity contribution in [1.29, 1.82) is 0 Å². The third-order valence-electron chi connectivity index (χ3n) is 4.06. The summed E-state index contributed by atoms with van der Waals surface area (Å²) >= 11 is 0. The van der Waals surface area contributed by atoms with Crippen molar-refractivity contribution in [2.45, 2.75) is 6.54 Å². The Balaban J connectivity index is 1.94. The minimum absolute atomic E-state index is 0.191. The Morgan fingerprint density at radius 1 is 1.23 bits per heavy atom. The zero-order valence-corrected chi connectivity index (χ0v) is 14.6. The number of nitrogens with one attached hydrogen (secondary N) is 1. The van der Waals surface area contributed by atoms with E-state index >= 15 is 0 Å². The van der Waals surface area contributed by atoms with Gasteiger partial charge in [0.05, 0.1) is 12.3 Å². The molecule has 0 radical (unpaired) electrons. The van der Waals surface area contributed by atoms with Gasteiger partial charge in [-0.05, 0) is 29.1 Å². The van der Waals surface area contributed by atoms with Crippen LogP contribution in [0.5, 0.6) is 0 Å². The summed E-state index contributed by atoms with van der Waals surface area (Å²) in [5.74, 6) is -0.191. The van der Waals surface area contributed by atoms with Crippen LogP contribution in [-0.4, -0.2) is 24.6 Å². The van der Waals surface area contributed by atoms with E-state index in [1.54, 1.807) is 19.4 Å². The number of anilines is 1. The number of aromatic nitrogens is 1. The first-order valence-electron chi connectivity index (χ1n) is 8.36. The van der Waals surface area contributed by atoms with Crippen molar-refractivity contribution in [3.05, 3.63) is 72.4 Å². The number of pyridine rings is 1. The van der Waals surface area contributed by atoms with E-state index in [9.17, 15) is 4.79 Å². The lowest BCUT2D eigenvalue weighted by Gasteiger charge is -2.11. The fourth-order valence-corrected chi connectivity index (χ4v) is 2.83. The van der Waals surface area contributed by atoms with Crippen molar-refractivity contribution < 1.29 is 9.53 Å². The topological polar surface area (TPSA) is 77.2 Å². The Bertz CT molecular complexity index is 951. The maximum absolute atomic E-state index is 11.9. The van der Waals surface area contributed by atoms with E-state index < -0.39 is 0 Å². The van der Waals surface area contributed by atoms with Gasteiger partial charge in [-0.15, -0.1) is 0 Å². The van der Waals surface area contributed by atoms with Gasteiger partial charge in [0, 0.05) is 42.6 Å². The van der Waals surface area contributed by atoms with Crippen LogP contribution in [-0.2, 0) is 16.1 Å². The number of amides is 1. The minimum atomic E-state index is -0.191. The summed E-state index contributed by atoms with van der Waals surface area (Å²) in [4.78, 5) is 16.5. The van der Waals surface area contributed by atoms with Gasteiger partial charge < -0.3 is 15.8 Å². The summed E-state index contributed by atoms with van der Waals surface area (Å²) in [6, 6.07) is 15.7. The average Bonchev–Trinajstić information content (AvgIpc) is 2.67. The highest BCUT2D eigenvalue weighted by atomic mass is 16.5. The molecule has 2 aromatic carbocycles. The lowest BCUT2D eigenvalue weighted by molar-refractivity contribution is -0.111. The number of methoxy groups -OCH3 is 1. The van der Waals surface area contributed by atoms with Crippen LogP contribution in [0.15, 0.2) is 66.9 Å². The molecule has 3 aromatic rings. The fourth-order valence-electron chi connectivity index (χ4n) is 2.83. The molecule has 1 amide bonds. The van der Waals surface area contributed by atoms with Crippen molar-refractivity contribution in [2.24, 2.45) is 5.73 Å². The van der Waals surface area contributed by atoms with Crippen molar-refractivity contribution in [1.82, 2.24) is 4.98 Å². The number of carbonyl (C=O) groups excluding carboxylic acids is 1. The molecule has 5 heteroatoms. The van der Waals surface area contributed by atoms with Crippen LogP contribution in [0, 0.1) is 0 Å². The van der Waals surface area contributed by atoms with E-state index in [1.165, 1.54) is 6.08 Å². The molecule has 26 heavy (non-hydrogen) atoms. The molecule has 1 aromatic heterocycles. The van der Waals surface area contributed by atoms with Crippen molar-refractivity contribution in [3.8, 4) is 11.3 Å². The van der Waals surface area contributed by atoms with E-state index in [2.05, 4.69) is 10.3 Å². The predicted molar refractivity (Wildman–Crippen MR) is 105 cm³/mol. The van der Waals surface area contributed by atoms with E-state index in [-0.39, 0.29) is 5.91 Å². The molecule has 5 nitrogen and oxygen atoms in total. The number of nitrogens with two attached hydrogens (primary N) is 1. The Hall–Kier alpha value is -3.02. The maximum atomic E-state index is 11.9. The van der Waals surface area contributed by atoms with E-state index in [0.717, 1.165) is 33.3 Å². The molecule has 0 atom stereocenters. The second-order valence-electron chi connectivity index (χ2n) is 5.80. The smallest absolute Gasteiger partial charge is 0.248 e. The molecule has 0 aliphatic carbocycles. The highest BCUT2D eigenvalue weighted by Gasteiger charge is 2.09. The number of fused-ring (bicyclic) bond motifs is 1. The second kappa shape index (κ2) is 8.38. The van der Waals surface area contributed by atoms with E-state index in [0.29, 0.717) is 13.2 Å². The van der Waals surface area contributed by atoms with E-state index in [1.807, 2.05) is 48.5 Å². The SMILES string of the molecule is COC/C=C/C(=O)Nc1ccc2c(-c3ccccc3CN)nccc2c1. The van der Waals surface area contributed by atoms with Crippen LogP contribution < -0.4 is 11.1 Å². The van der Waals surface area contributed by atoms with Crippen molar-refractivity contribution >= 4 is 22.4 Å². The summed E-state index contributed by atoms with van der Waals surface area (Å²) in [6.45, 7) is 0.858. The van der Waals surface area contributed by atoms with Crippen LogP contribution in [0.3, 0.4) is 0 Å². The molecule has 132 valence electrons. The van der Waals surface area contributed by atoms with Gasteiger partial charge in [0.25, 0.3) is 0 Å². The van der Waals surface area contributed by atoms with Gasteiger partial charge in [0.1, 0.15) is 0 Å². The fraction of sp³-hybridized carbons (Fsp3) is 0.143. The first-order chi connectivity index (χ1) is 12.7. The number of nitrogens with zero attached hydrogens (tertiary/aromatic N) is 1. The van der Waals surface area contributed by atoms with Gasteiger partial charge in [0.2, 0.25) is 5.91 Å². The normalized spacial score (nSPS) is 11.2. The third-order valence-corrected chi connectivity index (χ3v) is 4.06. The van der Waals surface area contributed by atoms with Gasteiger partial charge in [-0.1, -0.05) is 36.4 Å². The molecule has 0 bridgehead atoms. The van der Waals surface area contributed by atoms with Gasteiger partial charge in [-0.2, -0.15) is 0 Å². The highest BCUT2D eigenvalue weighted by molar-refractivity contribution is 6.02. The Kier molecular flexibility index (Phi) is 5.73. The van der Waals surface area contributed by atoms with Crippen molar-refractivity contribution in [2.75, 3.05) is 19.0 Å². The molecule has 1 heterocycles. The lowest BCUT2D eigenvalue weighted by atomic mass is 9.99.